The van der Waals surface area contributed by atoms with Crippen LogP contribution in [-0.2, 0) is 13.1 Å². The van der Waals surface area contributed by atoms with E-state index < -0.39 is 0 Å². The Kier molecular flexibility index (Phi) is 5.92. The molecule has 0 spiro atoms. The summed E-state index contributed by atoms with van der Waals surface area (Å²) in [6, 6.07) is 6.21. The third-order valence-electron chi connectivity index (χ3n) is 6.51. The molecule has 2 fully saturated rings. The van der Waals surface area contributed by atoms with E-state index in [9.17, 15) is 0 Å². The van der Waals surface area contributed by atoms with Crippen LogP contribution >= 0.6 is 27.5 Å². The first-order chi connectivity index (χ1) is 16.6. The number of hydrogen-bond acceptors (Lipinski definition) is 8. The smallest absolute Gasteiger partial charge is 0.223 e. The molecule has 176 valence electrons. The zero-order valence-electron chi connectivity index (χ0n) is 18.4. The van der Waals surface area contributed by atoms with Gasteiger partial charge in [-0.3, -0.25) is 4.90 Å². The van der Waals surface area contributed by atoms with Gasteiger partial charge in [0.1, 0.15) is 17.6 Å². The Morgan fingerprint density at radius 1 is 1.12 bits per heavy atom. The lowest BCUT2D eigenvalue weighted by molar-refractivity contribution is 0.170. The Morgan fingerprint density at radius 2 is 1.97 bits per heavy atom. The Hall–Kier alpha value is -2.63. The highest BCUT2D eigenvalue weighted by Gasteiger charge is 2.25. The van der Waals surface area contributed by atoms with E-state index in [1.165, 1.54) is 12.8 Å². The number of aromatic nitrogens is 8. The monoisotopic (exact) mass is 543 g/mol. The number of tetrazole rings is 1. The van der Waals surface area contributed by atoms with Crippen LogP contribution in [-0.4, -0.2) is 58.2 Å². The molecular formula is C22H23BrClN9O. The quantitative estimate of drug-likeness (QED) is 0.340. The van der Waals surface area contributed by atoms with Crippen molar-refractivity contribution in [3.63, 3.8) is 0 Å². The van der Waals surface area contributed by atoms with Crippen LogP contribution in [0.4, 0.5) is 0 Å². The van der Waals surface area contributed by atoms with Crippen molar-refractivity contribution in [2.45, 2.75) is 44.8 Å². The Labute approximate surface area is 209 Å². The topological polar surface area (TPSA) is 99.7 Å². The molecule has 0 amide bonds. The summed E-state index contributed by atoms with van der Waals surface area (Å²) in [5.41, 5.74) is 2.73. The van der Waals surface area contributed by atoms with Gasteiger partial charge in [0.05, 0.1) is 21.1 Å². The van der Waals surface area contributed by atoms with Gasteiger partial charge in [-0.05, 0) is 76.2 Å². The average Bonchev–Trinajstić information content (AvgIpc) is 3.31. The summed E-state index contributed by atoms with van der Waals surface area (Å²) in [4.78, 5) is 6.87. The van der Waals surface area contributed by atoms with E-state index in [0.29, 0.717) is 29.2 Å². The molecule has 34 heavy (non-hydrogen) atoms. The predicted octanol–water partition coefficient (Wildman–Crippen LogP) is 4.27. The van der Waals surface area contributed by atoms with Crippen molar-refractivity contribution in [2.24, 2.45) is 5.92 Å². The third kappa shape index (κ3) is 4.51. The Balaban J connectivity index is 1.19. The predicted molar refractivity (Wildman–Crippen MR) is 129 cm³/mol. The van der Waals surface area contributed by atoms with E-state index in [1.807, 2.05) is 27.6 Å². The maximum atomic E-state index is 6.29. The number of nitrogens with zero attached hydrogens (tertiary/aromatic N) is 9. The van der Waals surface area contributed by atoms with Gasteiger partial charge in [0.25, 0.3) is 0 Å². The van der Waals surface area contributed by atoms with Crippen LogP contribution in [0.3, 0.4) is 0 Å². The molecular weight excluding hydrogens is 522 g/mol. The lowest BCUT2D eigenvalue weighted by Crippen LogP contribution is -2.34. The molecule has 4 aromatic rings. The van der Waals surface area contributed by atoms with Crippen LogP contribution in [0.25, 0.3) is 11.0 Å². The van der Waals surface area contributed by atoms with Crippen molar-refractivity contribution in [1.82, 2.24) is 45.1 Å². The number of ether oxygens (including phenoxy) is 1. The molecule has 6 rings (SSSR count). The first-order valence-corrected chi connectivity index (χ1v) is 12.6. The fourth-order valence-corrected chi connectivity index (χ4v) is 5.12. The number of halogens is 2. The van der Waals surface area contributed by atoms with Gasteiger partial charge in [-0.25, -0.2) is 14.3 Å². The summed E-state index contributed by atoms with van der Waals surface area (Å²) < 4.78 is 10.9. The van der Waals surface area contributed by atoms with Crippen molar-refractivity contribution >= 4 is 38.6 Å². The van der Waals surface area contributed by atoms with Crippen LogP contribution < -0.4 is 4.74 Å². The molecule has 2 aliphatic rings. The van der Waals surface area contributed by atoms with Gasteiger partial charge in [-0.1, -0.05) is 16.8 Å². The van der Waals surface area contributed by atoms with Crippen LogP contribution in [0.15, 0.2) is 35.2 Å². The molecule has 1 saturated carbocycles. The molecule has 1 aliphatic heterocycles. The average molecular weight is 545 g/mol. The van der Waals surface area contributed by atoms with Gasteiger partial charge in [0, 0.05) is 37.9 Å². The summed E-state index contributed by atoms with van der Waals surface area (Å²) >= 11 is 9.97. The minimum Gasteiger partial charge on any atom is -0.437 e. The number of piperidine rings is 1. The molecule has 1 aromatic carbocycles. The third-order valence-corrected chi connectivity index (χ3v) is 7.48. The zero-order chi connectivity index (χ0) is 23.1. The summed E-state index contributed by atoms with van der Waals surface area (Å²) in [7, 11) is 0. The van der Waals surface area contributed by atoms with Gasteiger partial charge in [0.2, 0.25) is 5.88 Å². The van der Waals surface area contributed by atoms with Crippen LogP contribution in [0, 0.1) is 5.92 Å². The summed E-state index contributed by atoms with van der Waals surface area (Å²) in [6.45, 7) is 3.46. The molecule has 4 heterocycles. The normalized spacial score (nSPS) is 17.5. The first-order valence-electron chi connectivity index (χ1n) is 11.4. The van der Waals surface area contributed by atoms with Gasteiger partial charge in [-0.2, -0.15) is 0 Å². The molecule has 12 heteroatoms. The van der Waals surface area contributed by atoms with E-state index >= 15 is 0 Å². The number of hydrogen-bond donors (Lipinski definition) is 0. The minimum absolute atomic E-state index is 0.329. The minimum atomic E-state index is 0.329. The molecule has 0 bridgehead atoms. The van der Waals surface area contributed by atoms with Gasteiger partial charge >= 0.3 is 0 Å². The number of pyridine rings is 1. The van der Waals surface area contributed by atoms with E-state index in [-0.39, 0.29) is 0 Å². The molecule has 3 aromatic heterocycles. The largest absolute Gasteiger partial charge is 0.437 e. The second-order valence-electron chi connectivity index (χ2n) is 8.98. The second kappa shape index (κ2) is 9.20. The van der Waals surface area contributed by atoms with Crippen molar-refractivity contribution in [3.05, 3.63) is 45.8 Å². The van der Waals surface area contributed by atoms with Crippen molar-refractivity contribution < 1.29 is 4.74 Å². The van der Waals surface area contributed by atoms with E-state index in [0.717, 1.165) is 59.5 Å². The number of rotatable bonds is 7. The van der Waals surface area contributed by atoms with Crippen molar-refractivity contribution in [1.29, 1.82) is 0 Å². The molecule has 10 nitrogen and oxygen atoms in total. The summed E-state index contributed by atoms with van der Waals surface area (Å²) in [5, 5.41) is 20.9. The molecule has 0 N–H and O–H groups in total. The number of likely N-dealkylation sites (tertiary alicyclic amines) is 1. The van der Waals surface area contributed by atoms with E-state index in [1.54, 1.807) is 12.5 Å². The standard InChI is InChI=1S/C22H23BrClN9O/c23-20-19(4-3-18-21(20)27-29-32(18)11-14-1-2-14)34-22-15(9-16(24)10-25-22)12-31-7-5-17(6-8-31)33-13-26-28-30-33/h3-4,9-10,13-14,17H,1-2,5-8,11-12H2. The van der Waals surface area contributed by atoms with Crippen molar-refractivity contribution in [2.75, 3.05) is 13.1 Å². The number of fused-ring (bicyclic) bond motifs is 1. The fraction of sp³-hybridized carbons (Fsp3) is 0.455. The Bertz CT molecular complexity index is 1300. The first kappa shape index (κ1) is 21.9. The molecule has 1 saturated heterocycles. The summed E-state index contributed by atoms with van der Waals surface area (Å²) in [5.74, 6) is 1.91. The highest BCUT2D eigenvalue weighted by molar-refractivity contribution is 9.10. The number of benzene rings is 1. The van der Waals surface area contributed by atoms with E-state index in [4.69, 9.17) is 16.3 Å². The highest BCUT2D eigenvalue weighted by atomic mass is 79.9. The van der Waals surface area contributed by atoms with Crippen molar-refractivity contribution in [3.8, 4) is 11.6 Å². The lowest BCUT2D eigenvalue weighted by atomic mass is 10.0. The van der Waals surface area contributed by atoms with Gasteiger partial charge < -0.3 is 4.74 Å². The molecule has 0 atom stereocenters. The van der Waals surface area contributed by atoms with Crippen LogP contribution in [0.5, 0.6) is 11.6 Å². The second-order valence-corrected chi connectivity index (χ2v) is 10.2. The summed E-state index contributed by atoms with van der Waals surface area (Å²) in [6.07, 6.45) is 7.80. The van der Waals surface area contributed by atoms with Crippen LogP contribution in [0.2, 0.25) is 5.02 Å². The SMILES string of the molecule is Clc1cnc(Oc2ccc3c(nnn3CC3CC3)c2Br)c(CN2CCC(n3cnnn3)CC2)c1. The molecule has 0 radical (unpaired) electrons. The maximum absolute atomic E-state index is 6.29. The maximum Gasteiger partial charge on any atom is 0.223 e. The zero-order valence-corrected chi connectivity index (χ0v) is 20.7. The van der Waals surface area contributed by atoms with E-state index in [2.05, 4.69) is 51.7 Å². The van der Waals surface area contributed by atoms with Crippen LogP contribution in [0.1, 0.15) is 37.3 Å². The lowest BCUT2D eigenvalue weighted by Gasteiger charge is -2.31. The van der Waals surface area contributed by atoms with Gasteiger partial charge in [-0.15, -0.1) is 10.2 Å². The fourth-order valence-electron chi connectivity index (χ4n) is 4.44. The van der Waals surface area contributed by atoms with Gasteiger partial charge in [0.15, 0.2) is 0 Å². The molecule has 1 aliphatic carbocycles. The molecule has 0 unspecified atom stereocenters. The highest BCUT2D eigenvalue weighted by Crippen LogP contribution is 2.37. The Morgan fingerprint density at radius 3 is 2.74 bits per heavy atom.